The van der Waals surface area contributed by atoms with E-state index in [1.54, 1.807) is 12.1 Å². The Kier molecular flexibility index (Phi) is 6.21. The third-order valence-corrected chi connectivity index (χ3v) is 4.32. The van der Waals surface area contributed by atoms with Crippen molar-refractivity contribution >= 4 is 35.2 Å². The molecule has 0 saturated carbocycles. The molecule has 2 aromatic rings. The molecular weight excluding hydrogens is 413 g/mol. The van der Waals surface area contributed by atoms with E-state index in [1.807, 2.05) is 0 Å². The molecule has 28 heavy (non-hydrogen) atoms. The van der Waals surface area contributed by atoms with Crippen molar-refractivity contribution in [2.75, 3.05) is 13.2 Å². The zero-order valence-electron chi connectivity index (χ0n) is 14.4. The molecule has 2 aliphatic heterocycles. The molecule has 2 atom stereocenters. The Balaban J connectivity index is 0.000000161. The standard InChI is InChI=1S/2C9H8ClFN2O/c2*10-6-1-5(2-7(11)3-6)8-4-14-9(12)13-8/h2*1-3,8H,4H2,(H2,12,13)/t8-;/m0./s1. The lowest BCUT2D eigenvalue weighted by Gasteiger charge is -2.05. The fourth-order valence-corrected chi connectivity index (χ4v) is 3.12. The zero-order chi connectivity index (χ0) is 20.3. The molecule has 2 aliphatic rings. The molecule has 6 nitrogen and oxygen atoms in total. The van der Waals surface area contributed by atoms with Crippen molar-refractivity contribution in [2.24, 2.45) is 21.5 Å². The van der Waals surface area contributed by atoms with Crippen LogP contribution in [-0.2, 0) is 9.47 Å². The summed E-state index contributed by atoms with van der Waals surface area (Å²) in [7, 11) is 0. The van der Waals surface area contributed by atoms with Crippen LogP contribution >= 0.6 is 23.2 Å². The number of hydrogen-bond donors (Lipinski definition) is 2. The summed E-state index contributed by atoms with van der Waals surface area (Å²) in [5.41, 5.74) is 12.0. The smallest absolute Gasteiger partial charge is 0.282 e. The molecule has 0 amide bonds. The Morgan fingerprint density at radius 2 is 1.14 bits per heavy atom. The monoisotopic (exact) mass is 428 g/mol. The quantitative estimate of drug-likeness (QED) is 0.761. The van der Waals surface area contributed by atoms with E-state index in [4.69, 9.17) is 44.1 Å². The van der Waals surface area contributed by atoms with E-state index in [9.17, 15) is 8.78 Å². The first-order valence-electron chi connectivity index (χ1n) is 8.14. The highest BCUT2D eigenvalue weighted by Gasteiger charge is 2.20. The molecule has 2 aromatic carbocycles. The molecule has 0 fully saturated rings. The van der Waals surface area contributed by atoms with Gasteiger partial charge in [0.05, 0.1) is 0 Å². The minimum atomic E-state index is -0.381. The van der Waals surface area contributed by atoms with Crippen molar-refractivity contribution in [2.45, 2.75) is 12.1 Å². The Labute approximate surface area is 169 Å². The van der Waals surface area contributed by atoms with Crippen LogP contribution in [0.1, 0.15) is 23.2 Å². The second kappa shape index (κ2) is 8.62. The Bertz CT molecular complexity index is 824. The van der Waals surface area contributed by atoms with Crippen molar-refractivity contribution in [1.82, 2.24) is 0 Å². The van der Waals surface area contributed by atoms with Crippen LogP contribution in [-0.4, -0.2) is 25.3 Å². The lowest BCUT2D eigenvalue weighted by molar-refractivity contribution is 0.314. The molecule has 148 valence electrons. The van der Waals surface area contributed by atoms with E-state index in [1.165, 1.54) is 24.3 Å². The third-order valence-electron chi connectivity index (χ3n) is 3.88. The number of aliphatic imine (C=N–C) groups is 2. The molecule has 0 aliphatic carbocycles. The van der Waals surface area contributed by atoms with Crippen LogP contribution in [0, 0.1) is 11.6 Å². The number of hydrogen-bond acceptors (Lipinski definition) is 6. The Hall–Kier alpha value is -2.58. The van der Waals surface area contributed by atoms with Crippen LogP contribution in [0.2, 0.25) is 10.0 Å². The molecule has 0 spiro atoms. The van der Waals surface area contributed by atoms with Gasteiger partial charge >= 0.3 is 0 Å². The molecule has 2 heterocycles. The highest BCUT2D eigenvalue weighted by Crippen LogP contribution is 2.26. The average molecular weight is 429 g/mol. The number of amidine groups is 2. The summed E-state index contributed by atoms with van der Waals surface area (Å²) in [6, 6.07) is 8.32. The predicted molar refractivity (Wildman–Crippen MR) is 103 cm³/mol. The highest BCUT2D eigenvalue weighted by molar-refractivity contribution is 6.30. The van der Waals surface area contributed by atoms with Crippen molar-refractivity contribution in [3.05, 3.63) is 69.2 Å². The van der Waals surface area contributed by atoms with Gasteiger partial charge in [-0.1, -0.05) is 23.2 Å². The fraction of sp³-hybridized carbons (Fsp3) is 0.222. The summed E-state index contributed by atoms with van der Waals surface area (Å²) in [6.07, 6.45) is 0. The van der Waals surface area contributed by atoms with Gasteiger partial charge in [0.25, 0.3) is 12.0 Å². The van der Waals surface area contributed by atoms with Crippen LogP contribution < -0.4 is 11.5 Å². The predicted octanol–water partition coefficient (Wildman–Crippen LogP) is 3.73. The van der Waals surface area contributed by atoms with E-state index in [-0.39, 0.29) is 35.8 Å². The molecule has 0 radical (unpaired) electrons. The molecule has 0 bridgehead atoms. The van der Waals surface area contributed by atoms with Gasteiger partial charge in [-0.3, -0.25) is 0 Å². The van der Waals surface area contributed by atoms with Crippen LogP contribution in [0.25, 0.3) is 0 Å². The highest BCUT2D eigenvalue weighted by atomic mass is 35.5. The van der Waals surface area contributed by atoms with Gasteiger partial charge in [-0.15, -0.1) is 0 Å². The summed E-state index contributed by atoms with van der Waals surface area (Å²) in [5.74, 6) is -0.763. The maximum atomic E-state index is 13.0. The van der Waals surface area contributed by atoms with Crippen molar-refractivity contribution < 1.29 is 18.3 Å². The van der Waals surface area contributed by atoms with E-state index < -0.39 is 0 Å². The molecule has 4 rings (SSSR count). The second-order valence-electron chi connectivity index (χ2n) is 5.99. The van der Waals surface area contributed by atoms with Crippen LogP contribution in [0.4, 0.5) is 8.78 Å². The van der Waals surface area contributed by atoms with Crippen molar-refractivity contribution in [1.29, 1.82) is 0 Å². The van der Waals surface area contributed by atoms with E-state index in [2.05, 4.69) is 9.98 Å². The van der Waals surface area contributed by atoms with Gasteiger partial charge < -0.3 is 20.9 Å². The first kappa shape index (κ1) is 20.2. The van der Waals surface area contributed by atoms with Gasteiger partial charge in [-0.2, -0.15) is 0 Å². The largest absolute Gasteiger partial charge is 0.463 e. The van der Waals surface area contributed by atoms with E-state index in [0.29, 0.717) is 34.4 Å². The number of benzene rings is 2. The summed E-state index contributed by atoms with van der Waals surface area (Å²) in [5, 5.41) is 0.696. The molecule has 1 unspecified atom stereocenters. The Morgan fingerprint density at radius 1 is 0.750 bits per heavy atom. The molecule has 0 saturated heterocycles. The number of ether oxygens (including phenoxy) is 2. The minimum Gasteiger partial charge on any atom is -0.463 e. The van der Waals surface area contributed by atoms with Gasteiger partial charge in [0.2, 0.25) is 0 Å². The minimum absolute atomic E-state index is 0.135. The van der Waals surface area contributed by atoms with Crippen LogP contribution in [0.3, 0.4) is 0 Å². The van der Waals surface area contributed by atoms with Crippen molar-refractivity contribution in [3.63, 3.8) is 0 Å². The summed E-state index contributed by atoms with van der Waals surface area (Å²) < 4.78 is 35.9. The maximum Gasteiger partial charge on any atom is 0.282 e. The van der Waals surface area contributed by atoms with E-state index in [0.717, 1.165) is 0 Å². The second-order valence-corrected chi connectivity index (χ2v) is 6.87. The number of nitrogens with zero attached hydrogens (tertiary/aromatic N) is 2. The lowest BCUT2D eigenvalue weighted by atomic mass is 10.1. The van der Waals surface area contributed by atoms with Gasteiger partial charge in [0, 0.05) is 10.0 Å². The normalized spacial score (nSPS) is 20.4. The SMILES string of the molecule is NC1=NC(c2cc(F)cc(Cl)c2)CO1.NC1=N[C@H](c2cc(F)cc(Cl)c2)CO1. The number of rotatable bonds is 2. The number of halogens is 4. The first-order chi connectivity index (χ1) is 13.3. The van der Waals surface area contributed by atoms with Crippen LogP contribution in [0.5, 0.6) is 0 Å². The third kappa shape index (κ3) is 5.24. The van der Waals surface area contributed by atoms with Crippen molar-refractivity contribution in [3.8, 4) is 0 Å². The van der Waals surface area contributed by atoms with E-state index >= 15 is 0 Å². The summed E-state index contributed by atoms with van der Waals surface area (Å²) >= 11 is 11.4. The maximum absolute atomic E-state index is 13.0. The average Bonchev–Trinajstić information content (AvgIpc) is 3.22. The fourth-order valence-electron chi connectivity index (χ4n) is 2.66. The van der Waals surface area contributed by atoms with Crippen LogP contribution in [0.15, 0.2) is 46.4 Å². The molecule has 4 N–H and O–H groups in total. The topological polar surface area (TPSA) is 95.2 Å². The summed E-state index contributed by atoms with van der Waals surface area (Å²) in [4.78, 5) is 7.98. The number of nitrogens with two attached hydrogens (primary N) is 2. The molecule has 10 heteroatoms. The van der Waals surface area contributed by atoms with Gasteiger partial charge in [-0.05, 0) is 47.5 Å². The lowest BCUT2D eigenvalue weighted by Crippen LogP contribution is -2.10. The van der Waals surface area contributed by atoms with Gasteiger partial charge in [-0.25, -0.2) is 18.8 Å². The van der Waals surface area contributed by atoms with Gasteiger partial charge in [0.1, 0.15) is 36.9 Å². The molecule has 0 aromatic heterocycles. The van der Waals surface area contributed by atoms with Gasteiger partial charge in [0.15, 0.2) is 0 Å². The summed E-state index contributed by atoms with van der Waals surface area (Å²) in [6.45, 7) is 0.678. The zero-order valence-corrected chi connectivity index (χ0v) is 15.9. The molecular formula is C18H16Cl2F2N4O2. The first-order valence-corrected chi connectivity index (χ1v) is 8.90. The Morgan fingerprint density at radius 3 is 1.43 bits per heavy atom.